The van der Waals surface area contributed by atoms with Crippen molar-refractivity contribution in [3.63, 3.8) is 0 Å². The monoisotopic (exact) mass is 679 g/mol. The van der Waals surface area contributed by atoms with Crippen LogP contribution in [0, 0.1) is 31.7 Å². The number of aryl methyl sites for hydroxylation is 2. The number of aliphatic hydroxyl groups is 1. The van der Waals surface area contributed by atoms with Gasteiger partial charge in [0.25, 0.3) is 0 Å². The number of carbonyl (C=O) groups excluding carboxylic acids is 1. The Kier molecular flexibility index (Phi) is 14.0. The van der Waals surface area contributed by atoms with Crippen molar-refractivity contribution in [2.75, 3.05) is 0 Å². The van der Waals surface area contributed by atoms with Crippen LogP contribution >= 0.6 is 0 Å². The summed E-state index contributed by atoms with van der Waals surface area (Å²) in [7, 11) is 0. The van der Waals surface area contributed by atoms with Crippen molar-refractivity contribution in [1.82, 2.24) is 4.98 Å². The largest absolute Gasteiger partial charge is 0.512 e. The minimum Gasteiger partial charge on any atom is -0.512 e. The van der Waals surface area contributed by atoms with Gasteiger partial charge in [0.05, 0.1) is 11.3 Å². The van der Waals surface area contributed by atoms with Crippen molar-refractivity contribution in [3.05, 3.63) is 77.1 Å². The number of hydrogen-bond acceptors (Lipinski definition) is 3. The first-order valence-corrected chi connectivity index (χ1v) is 13.5. The number of benzene rings is 2. The molecule has 0 spiro atoms. The zero-order valence-corrected chi connectivity index (χ0v) is 26.2. The molecular formula is C33H44IrNO2-. The number of aliphatic hydroxyl groups excluding tert-OH is 1. The van der Waals surface area contributed by atoms with Crippen LogP contribution in [0.2, 0.25) is 0 Å². The van der Waals surface area contributed by atoms with E-state index in [1.54, 1.807) is 0 Å². The minimum atomic E-state index is 0. The van der Waals surface area contributed by atoms with Crippen molar-refractivity contribution in [3.8, 4) is 11.3 Å². The number of aromatic nitrogens is 1. The zero-order chi connectivity index (χ0) is 26.8. The van der Waals surface area contributed by atoms with Crippen molar-refractivity contribution >= 4 is 16.7 Å². The number of nitrogens with zero attached hydrogens (tertiary/aromatic N) is 1. The molecule has 0 aliphatic carbocycles. The maximum absolute atomic E-state index is 11.7. The second-order valence-corrected chi connectivity index (χ2v) is 10.0. The summed E-state index contributed by atoms with van der Waals surface area (Å²) in [6, 6.07) is 18.4. The molecule has 0 aliphatic heterocycles. The SMILES string of the molecule is CCC(CC)C(=O)C=C(O)C(CC)CC.Cc1[c-]c(-c2ccc3c(C(C)C)cccc3n2)cc(C)c1.[Ir]. The Morgan fingerprint density at radius 2 is 1.57 bits per heavy atom. The Morgan fingerprint density at radius 1 is 0.946 bits per heavy atom. The van der Waals surface area contributed by atoms with Gasteiger partial charge in [0.1, 0.15) is 0 Å². The van der Waals surface area contributed by atoms with E-state index in [-0.39, 0.29) is 43.5 Å². The molecule has 1 N–H and O–H groups in total. The van der Waals surface area contributed by atoms with Crippen molar-refractivity contribution in [1.29, 1.82) is 0 Å². The fourth-order valence-corrected chi connectivity index (χ4v) is 4.65. The Bertz CT molecular complexity index is 1150. The molecule has 3 aromatic rings. The number of ketones is 1. The van der Waals surface area contributed by atoms with Gasteiger partial charge in [0.15, 0.2) is 5.78 Å². The number of hydrogen-bond donors (Lipinski definition) is 1. The quantitative estimate of drug-likeness (QED) is 0.139. The molecule has 0 saturated carbocycles. The van der Waals surface area contributed by atoms with E-state index in [1.165, 1.54) is 22.6 Å². The predicted octanol–water partition coefficient (Wildman–Crippen LogP) is 9.31. The maximum atomic E-state index is 11.7. The summed E-state index contributed by atoms with van der Waals surface area (Å²) in [5.41, 5.74) is 6.89. The van der Waals surface area contributed by atoms with E-state index in [0.29, 0.717) is 5.92 Å². The van der Waals surface area contributed by atoms with Gasteiger partial charge >= 0.3 is 0 Å². The third-order valence-corrected chi connectivity index (χ3v) is 6.89. The number of fused-ring (bicyclic) bond motifs is 1. The Morgan fingerprint density at radius 3 is 2.11 bits per heavy atom. The summed E-state index contributed by atoms with van der Waals surface area (Å²) >= 11 is 0. The molecule has 0 atom stereocenters. The second kappa shape index (κ2) is 15.8. The van der Waals surface area contributed by atoms with Crippen LogP contribution in [-0.2, 0) is 24.9 Å². The van der Waals surface area contributed by atoms with Crippen LogP contribution < -0.4 is 0 Å². The molecule has 0 fully saturated rings. The van der Waals surface area contributed by atoms with Gasteiger partial charge in [0.2, 0.25) is 0 Å². The first-order chi connectivity index (χ1) is 17.1. The zero-order valence-electron chi connectivity index (χ0n) is 23.8. The van der Waals surface area contributed by atoms with Crippen LogP contribution in [0.1, 0.15) is 89.8 Å². The number of pyridine rings is 1. The third-order valence-electron chi connectivity index (χ3n) is 6.89. The van der Waals surface area contributed by atoms with Crippen LogP contribution in [0.4, 0.5) is 0 Å². The minimum absolute atomic E-state index is 0. The van der Waals surface area contributed by atoms with E-state index in [9.17, 15) is 9.90 Å². The van der Waals surface area contributed by atoms with E-state index in [2.05, 4.69) is 76.2 Å². The maximum Gasteiger partial charge on any atom is 0.162 e. The van der Waals surface area contributed by atoms with Gasteiger partial charge in [-0.2, -0.15) is 0 Å². The van der Waals surface area contributed by atoms with Crippen LogP contribution in [0.25, 0.3) is 22.2 Å². The molecule has 0 bridgehead atoms. The van der Waals surface area contributed by atoms with Gasteiger partial charge in [0, 0.05) is 43.4 Å². The summed E-state index contributed by atoms with van der Waals surface area (Å²) in [5, 5.41) is 11.0. The van der Waals surface area contributed by atoms with Crippen molar-refractivity contribution in [2.45, 2.75) is 87.0 Å². The summed E-state index contributed by atoms with van der Waals surface area (Å²) in [4.78, 5) is 16.6. The molecule has 0 saturated heterocycles. The average molecular weight is 679 g/mol. The van der Waals surface area contributed by atoms with E-state index >= 15 is 0 Å². The molecule has 37 heavy (non-hydrogen) atoms. The molecule has 1 aromatic heterocycles. The van der Waals surface area contributed by atoms with Gasteiger partial charge in [-0.05, 0) is 48.9 Å². The average Bonchev–Trinajstić information content (AvgIpc) is 2.84. The first-order valence-electron chi connectivity index (χ1n) is 13.5. The van der Waals surface area contributed by atoms with Gasteiger partial charge in [-0.25, -0.2) is 0 Å². The number of carbonyl (C=O) groups is 1. The Labute approximate surface area is 238 Å². The standard InChI is InChI=1S/C20H20N.C13H24O2.Ir/c1-13(2)17-6-5-7-20-18(17)8-9-19(21-20)16-11-14(3)10-15(4)12-16;1-5-10(6-2)12(14)9-13(15)11(7-3)8-4;/h5-11,13H,1-4H3;9-11,14H,5-8H2,1-4H3;/q-1;;. The molecule has 2 aromatic carbocycles. The smallest absolute Gasteiger partial charge is 0.162 e. The third kappa shape index (κ3) is 9.20. The molecule has 3 nitrogen and oxygen atoms in total. The van der Waals surface area contributed by atoms with E-state index in [0.717, 1.165) is 48.0 Å². The normalized spacial score (nSPS) is 11.5. The molecule has 3 rings (SSSR count). The van der Waals surface area contributed by atoms with Crippen molar-refractivity contribution in [2.24, 2.45) is 11.8 Å². The van der Waals surface area contributed by atoms with Crippen LogP contribution in [0.15, 0.2) is 54.3 Å². The molecule has 203 valence electrons. The summed E-state index contributed by atoms with van der Waals surface area (Å²) in [6.07, 6.45) is 4.91. The van der Waals surface area contributed by atoms with Gasteiger partial charge in [-0.3, -0.25) is 9.78 Å². The van der Waals surface area contributed by atoms with Gasteiger partial charge in [-0.1, -0.05) is 79.7 Å². The Balaban J connectivity index is 0.000000384. The molecule has 0 amide bonds. The van der Waals surface area contributed by atoms with E-state index in [4.69, 9.17) is 4.98 Å². The first kappa shape index (κ1) is 32.7. The topological polar surface area (TPSA) is 50.2 Å². The molecule has 0 aliphatic rings. The van der Waals surface area contributed by atoms with E-state index < -0.39 is 0 Å². The molecule has 1 radical (unpaired) electrons. The van der Waals surface area contributed by atoms with Gasteiger partial charge < -0.3 is 5.11 Å². The molecular weight excluding hydrogens is 635 g/mol. The molecule has 0 unspecified atom stereocenters. The van der Waals surface area contributed by atoms with E-state index in [1.807, 2.05) is 27.7 Å². The number of allylic oxidation sites excluding steroid dienone is 2. The summed E-state index contributed by atoms with van der Waals surface area (Å²) in [5.74, 6) is 1.06. The van der Waals surface area contributed by atoms with Crippen LogP contribution in [0.5, 0.6) is 0 Å². The molecule has 1 heterocycles. The fraction of sp³-hybridized carbons (Fsp3) is 0.455. The fourth-order valence-electron chi connectivity index (χ4n) is 4.65. The number of rotatable bonds is 9. The van der Waals surface area contributed by atoms with Crippen molar-refractivity contribution < 1.29 is 30.0 Å². The second-order valence-electron chi connectivity index (χ2n) is 10.0. The Hall–Kier alpha value is -2.29. The van der Waals surface area contributed by atoms with Crippen LogP contribution in [0.3, 0.4) is 0 Å². The van der Waals surface area contributed by atoms with Gasteiger partial charge in [-0.15, -0.1) is 34.9 Å². The summed E-state index contributed by atoms with van der Waals surface area (Å²) in [6.45, 7) is 16.7. The predicted molar refractivity (Wildman–Crippen MR) is 153 cm³/mol. The molecule has 4 heteroatoms. The summed E-state index contributed by atoms with van der Waals surface area (Å²) < 4.78 is 0. The van der Waals surface area contributed by atoms with Crippen LogP contribution in [-0.4, -0.2) is 15.9 Å².